The van der Waals surface area contributed by atoms with Crippen molar-refractivity contribution < 1.29 is 92.4 Å². The van der Waals surface area contributed by atoms with Crippen LogP contribution in [0, 0.1) is 139 Å². The van der Waals surface area contributed by atoms with E-state index >= 15 is 35.1 Å². The molecule has 0 saturated carbocycles. The van der Waals surface area contributed by atoms with Crippen LogP contribution in [0.1, 0.15) is 116 Å². The Labute approximate surface area is 445 Å². The number of hydrogen-bond acceptors (Lipinski definition) is 2. The highest BCUT2D eigenvalue weighted by Crippen LogP contribution is 2.31. The molecule has 0 saturated heterocycles. The summed E-state index contributed by atoms with van der Waals surface area (Å²) in [7, 11) is 0. The van der Waals surface area contributed by atoms with Gasteiger partial charge in [-0.05, 0) is 25.0 Å². The molecule has 0 atom stereocenters. The highest BCUT2D eigenvalue weighted by Gasteiger charge is 2.52. The van der Waals surface area contributed by atoms with Gasteiger partial charge in [-0.25, -0.2) is 87.8 Å². The van der Waals surface area contributed by atoms with E-state index in [1.165, 1.54) is 102 Å². The number of para-hydroxylation sites is 1. The number of hydrogen-bond donors (Lipinski definition) is 0. The van der Waals surface area contributed by atoms with Crippen molar-refractivity contribution in [1.29, 1.82) is 10.5 Å². The molecule has 0 aliphatic carbocycles. The van der Waals surface area contributed by atoms with Gasteiger partial charge < -0.3 is 0 Å². The molecule has 1 aromatic heterocycles. The number of nitriles is 2. The summed E-state index contributed by atoms with van der Waals surface area (Å²) in [6.07, 6.45) is 17.2. The van der Waals surface area contributed by atoms with Crippen molar-refractivity contribution >= 4 is 38.9 Å². The fraction of sp³-hybridized carbons (Fsp3) is 0.339. The molecule has 0 unspecified atom stereocenters. The van der Waals surface area contributed by atoms with Crippen LogP contribution in [-0.2, 0) is 6.54 Å². The molecule has 0 amide bonds. The van der Waals surface area contributed by atoms with Crippen molar-refractivity contribution in [3.63, 3.8) is 0 Å². The minimum absolute atomic E-state index is 0.284. The molecule has 0 aliphatic heterocycles. The fourth-order valence-electron chi connectivity index (χ4n) is 9.79. The molecule has 428 valence electrons. The van der Waals surface area contributed by atoms with E-state index in [2.05, 4.69) is 41.8 Å². The molecule has 0 fully saturated rings. The van der Waals surface area contributed by atoms with Gasteiger partial charge in [-0.3, -0.25) is 0 Å². The Morgan fingerprint density at radius 2 is 0.625 bits per heavy atom. The molecule has 5 aromatic carbocycles. The Morgan fingerprint density at radius 3 is 0.925 bits per heavy atom. The van der Waals surface area contributed by atoms with E-state index in [9.17, 15) is 63.2 Å². The first-order chi connectivity index (χ1) is 38.0. The van der Waals surface area contributed by atoms with Crippen LogP contribution < -0.4 is 26.4 Å². The zero-order valence-corrected chi connectivity index (χ0v) is 42.2. The molecule has 0 radical (unpaired) electrons. The predicted molar refractivity (Wildman–Crippen MR) is 256 cm³/mol. The maximum absolute atomic E-state index is 15.4. The lowest BCUT2D eigenvalue weighted by Crippen LogP contribution is -2.81. The Bertz CT molecular complexity index is 2950. The van der Waals surface area contributed by atoms with Crippen molar-refractivity contribution in [2.24, 2.45) is 0 Å². The number of rotatable bonds is 23. The number of unbranched alkanes of at least 4 members (excludes halogenated alkanes) is 15. The Morgan fingerprint density at radius 1 is 0.362 bits per heavy atom. The lowest BCUT2D eigenvalue weighted by Gasteiger charge is -2.44. The van der Waals surface area contributed by atoms with Gasteiger partial charge >= 0.3 is 0 Å². The molecule has 6 rings (SSSR count). The van der Waals surface area contributed by atoms with Crippen molar-refractivity contribution in [2.75, 3.05) is 0 Å². The van der Waals surface area contributed by atoms with Gasteiger partial charge in [-0.15, -0.1) is 21.9 Å². The van der Waals surface area contributed by atoms with E-state index in [4.69, 9.17) is 0 Å². The van der Waals surface area contributed by atoms with E-state index in [0.717, 1.165) is 23.9 Å². The molecule has 0 bridgehead atoms. The quantitative estimate of drug-likeness (QED) is 0.0122. The third kappa shape index (κ3) is 12.9. The second-order valence-electron chi connectivity index (χ2n) is 18.8. The topological polar surface area (TPSA) is 51.5 Å². The summed E-state index contributed by atoms with van der Waals surface area (Å²) in [4.78, 5) is 0. The summed E-state index contributed by atoms with van der Waals surface area (Å²) in [5, 5.41) is 20.1. The first-order valence-electron chi connectivity index (χ1n) is 25.1. The second-order valence-corrected chi connectivity index (χ2v) is 18.8. The van der Waals surface area contributed by atoms with Gasteiger partial charge in [0.05, 0.1) is 0 Å². The van der Waals surface area contributed by atoms with Crippen LogP contribution in [0.5, 0.6) is 0 Å². The number of nitrogens with zero attached hydrogens (tertiary/aromatic N) is 3. The van der Waals surface area contributed by atoms with Crippen molar-refractivity contribution in [3.8, 4) is 12.1 Å². The highest BCUT2D eigenvalue weighted by molar-refractivity contribution is 7.20. The second kappa shape index (κ2) is 28.4. The zero-order valence-electron chi connectivity index (χ0n) is 42.2. The van der Waals surface area contributed by atoms with Crippen LogP contribution in [0.15, 0.2) is 53.7 Å². The molecule has 0 spiro atoms. The van der Waals surface area contributed by atoms with Crippen LogP contribution in [0.4, 0.5) is 87.8 Å². The van der Waals surface area contributed by atoms with Crippen LogP contribution in [0.3, 0.4) is 0 Å². The average molecular weight is 1150 g/mol. The van der Waals surface area contributed by atoms with Crippen LogP contribution >= 0.6 is 0 Å². The minimum Gasteiger partial charge on any atom is -0.207 e. The minimum atomic E-state index is -7.22. The third-order valence-electron chi connectivity index (χ3n) is 13.8. The van der Waals surface area contributed by atoms with Crippen LogP contribution in [0.2, 0.25) is 0 Å². The molecular weight excluding hydrogens is 1110 g/mol. The van der Waals surface area contributed by atoms with Gasteiger partial charge in [0.25, 0.3) is 0 Å². The molecule has 24 heteroatoms. The average Bonchev–Trinajstić information content (AvgIpc) is 3.54. The number of pyridine rings is 1. The summed E-state index contributed by atoms with van der Waals surface area (Å²) in [6, 6.07) is 16.7. The molecule has 80 heavy (non-hydrogen) atoms. The molecule has 0 N–H and O–H groups in total. The van der Waals surface area contributed by atoms with Gasteiger partial charge in [0.1, 0.15) is 70.4 Å². The molecule has 1 heterocycles. The van der Waals surface area contributed by atoms with E-state index in [0.29, 0.717) is 6.54 Å². The number of halogens is 20. The SMILES string of the molecule is CCCCCCCCCCCCCCCCCCC(C[n+]1cccc2ccccc21)=C(C#N)C#N.Fc1c(F)c(F)c([B-](c2c(F)c(F)c(F)c(F)c2F)(c2c(F)c(F)c(F)c(F)c2F)c2c(F)c(F)c(F)c(F)c2F)c(F)c1F. The predicted octanol–water partition coefficient (Wildman–Crippen LogP) is 15.0. The molecule has 0 aliphatic rings. The molecule has 6 aromatic rings. The summed E-state index contributed by atoms with van der Waals surface area (Å²) in [5.74, 6) is -71.4. The number of aromatic nitrogens is 1. The highest BCUT2D eigenvalue weighted by atomic mass is 19.2. The summed E-state index contributed by atoms with van der Waals surface area (Å²) in [5.41, 5.74) is -12.0. The summed E-state index contributed by atoms with van der Waals surface area (Å²) in [6.45, 7) is 2.89. The standard InChI is InChI=1S/C32H46N3.C24BF20/c1-2-3-4-5-6-7-8-9-10-11-12-13-14-15-16-17-22-30(31(26-33)27-34)28-35-25-20-23-29-21-18-19-24-32(29)35;26-5-1(6(27)14(35)21(42)13(5)34)25(2-7(28)15(36)22(43)16(37)8(2)29,3-9(30)17(38)23(44)18(39)10(3)31)4-11(32)19(40)24(45)20(41)12(4)33/h18-21,23-25H,2-17,22,28H2,1H3;/q+1;-1. The van der Waals surface area contributed by atoms with Crippen LogP contribution in [-0.4, -0.2) is 6.15 Å². The lowest BCUT2D eigenvalue weighted by molar-refractivity contribution is -0.663. The van der Waals surface area contributed by atoms with Gasteiger partial charge in [0, 0.05) is 23.1 Å². The number of allylic oxidation sites excluding steroid dienone is 2. The van der Waals surface area contributed by atoms with Gasteiger partial charge in [0.15, 0.2) is 82.5 Å². The summed E-state index contributed by atoms with van der Waals surface area (Å²) < 4.78 is 296. The lowest BCUT2D eigenvalue weighted by atomic mass is 9.12. The maximum atomic E-state index is 15.4. The smallest absolute Gasteiger partial charge is 0.207 e. The number of benzene rings is 5. The van der Waals surface area contributed by atoms with E-state index < -0.39 is 144 Å². The maximum Gasteiger partial charge on any atom is 0.212 e. The monoisotopic (exact) mass is 1150 g/mol. The van der Waals surface area contributed by atoms with Crippen molar-refractivity contribution in [3.05, 3.63) is 170 Å². The van der Waals surface area contributed by atoms with E-state index in [-0.39, 0.29) is 5.57 Å². The number of fused-ring (bicyclic) bond motifs is 1. The first-order valence-corrected chi connectivity index (χ1v) is 25.1. The van der Waals surface area contributed by atoms with Crippen molar-refractivity contribution in [2.45, 2.75) is 123 Å². The zero-order chi connectivity index (χ0) is 59.3. The van der Waals surface area contributed by atoms with Crippen molar-refractivity contribution in [1.82, 2.24) is 0 Å². The van der Waals surface area contributed by atoms with Gasteiger partial charge in [0.2, 0.25) is 5.52 Å². The Hall–Kier alpha value is -7.11. The molecule has 3 nitrogen and oxygen atoms in total. The Balaban J connectivity index is 0.000000304. The normalized spacial score (nSPS) is 11.4. The molecular formula is C56H46BF20N3. The first kappa shape index (κ1) is 63.7. The fourth-order valence-corrected chi connectivity index (χ4v) is 9.79. The summed E-state index contributed by atoms with van der Waals surface area (Å²) >= 11 is 0. The van der Waals surface area contributed by atoms with E-state index in [1.807, 2.05) is 24.4 Å². The van der Waals surface area contributed by atoms with E-state index in [1.54, 1.807) is 0 Å². The van der Waals surface area contributed by atoms with Gasteiger partial charge in [-0.2, -0.15) is 15.1 Å². The van der Waals surface area contributed by atoms with Gasteiger partial charge in [-0.1, -0.05) is 115 Å². The largest absolute Gasteiger partial charge is 0.212 e. The van der Waals surface area contributed by atoms with Crippen LogP contribution in [0.25, 0.3) is 10.9 Å². The Kier molecular flexibility index (Phi) is 22.6. The third-order valence-corrected chi connectivity index (χ3v) is 13.8.